The lowest BCUT2D eigenvalue weighted by atomic mass is 10.2. The number of aromatic nitrogens is 2. The summed E-state index contributed by atoms with van der Waals surface area (Å²) in [6.45, 7) is 1.77. The molecule has 6 heteroatoms. The Morgan fingerprint density at radius 2 is 1.76 bits per heavy atom. The summed E-state index contributed by atoms with van der Waals surface area (Å²) in [6, 6.07) is 4.67. The number of nitrogens with zero attached hydrogens (tertiary/aromatic N) is 2. The van der Waals surface area contributed by atoms with E-state index in [1.165, 1.54) is 16.8 Å². The van der Waals surface area contributed by atoms with Crippen molar-refractivity contribution in [2.75, 3.05) is 0 Å². The van der Waals surface area contributed by atoms with E-state index in [4.69, 9.17) is 11.6 Å². The number of rotatable bonds is 1. The molecule has 0 aliphatic carbocycles. The number of aryl methyl sites for hydroxylation is 1. The van der Waals surface area contributed by atoms with Crippen molar-refractivity contribution in [2.45, 2.75) is 13.1 Å². The molecule has 2 rings (SSSR count). The lowest BCUT2D eigenvalue weighted by molar-refractivity contribution is -0.137. The summed E-state index contributed by atoms with van der Waals surface area (Å²) in [5, 5.41) is 4.37. The fourth-order valence-electron chi connectivity index (χ4n) is 1.39. The monoisotopic (exact) mass is 260 g/mol. The van der Waals surface area contributed by atoms with Crippen molar-refractivity contribution >= 4 is 11.6 Å². The second kappa shape index (κ2) is 4.07. The minimum Gasteiger partial charge on any atom is -0.222 e. The van der Waals surface area contributed by atoms with Gasteiger partial charge in [-0.2, -0.15) is 18.3 Å². The van der Waals surface area contributed by atoms with Crippen LogP contribution in [0.15, 0.2) is 30.5 Å². The molecule has 0 unspecified atom stereocenters. The number of hydrogen-bond acceptors (Lipinski definition) is 1. The highest BCUT2D eigenvalue weighted by atomic mass is 35.5. The molecule has 0 spiro atoms. The highest BCUT2D eigenvalue weighted by Crippen LogP contribution is 2.30. The van der Waals surface area contributed by atoms with Gasteiger partial charge in [0.05, 0.1) is 17.4 Å². The first-order valence-electron chi connectivity index (χ1n) is 4.77. The molecule has 90 valence electrons. The van der Waals surface area contributed by atoms with Crippen LogP contribution in [0.5, 0.6) is 0 Å². The van der Waals surface area contributed by atoms with E-state index in [0.29, 0.717) is 10.8 Å². The van der Waals surface area contributed by atoms with Crippen molar-refractivity contribution < 1.29 is 13.2 Å². The van der Waals surface area contributed by atoms with Gasteiger partial charge in [0.1, 0.15) is 5.15 Å². The molecule has 2 nitrogen and oxygen atoms in total. The van der Waals surface area contributed by atoms with Gasteiger partial charge in [0.2, 0.25) is 0 Å². The predicted molar refractivity (Wildman–Crippen MR) is 58.3 cm³/mol. The van der Waals surface area contributed by atoms with Crippen LogP contribution in [0, 0.1) is 6.92 Å². The van der Waals surface area contributed by atoms with Gasteiger partial charge in [0.25, 0.3) is 0 Å². The van der Waals surface area contributed by atoms with E-state index in [0.717, 1.165) is 17.7 Å². The van der Waals surface area contributed by atoms with Crippen LogP contribution in [0.1, 0.15) is 11.1 Å². The zero-order valence-electron chi connectivity index (χ0n) is 8.79. The van der Waals surface area contributed by atoms with E-state index in [9.17, 15) is 13.2 Å². The summed E-state index contributed by atoms with van der Waals surface area (Å²) in [5.41, 5.74) is 0.573. The Labute approximate surface area is 101 Å². The quantitative estimate of drug-likeness (QED) is 0.761. The van der Waals surface area contributed by atoms with Crippen LogP contribution in [-0.4, -0.2) is 9.78 Å². The summed E-state index contributed by atoms with van der Waals surface area (Å²) >= 11 is 5.95. The van der Waals surface area contributed by atoms with Crippen LogP contribution >= 0.6 is 11.6 Å². The maximum atomic E-state index is 12.4. The fraction of sp³-hybridized carbons (Fsp3) is 0.182. The van der Waals surface area contributed by atoms with Crippen LogP contribution in [0.4, 0.5) is 13.2 Å². The molecule has 0 radical (unpaired) electrons. The third-order valence-corrected chi connectivity index (χ3v) is 2.78. The van der Waals surface area contributed by atoms with Crippen molar-refractivity contribution in [3.8, 4) is 5.69 Å². The Kier molecular flexibility index (Phi) is 2.87. The normalized spacial score (nSPS) is 11.8. The number of halogens is 4. The van der Waals surface area contributed by atoms with Gasteiger partial charge in [-0.1, -0.05) is 11.6 Å². The van der Waals surface area contributed by atoms with Crippen molar-refractivity contribution in [3.63, 3.8) is 0 Å². The smallest absolute Gasteiger partial charge is 0.222 e. The SMILES string of the molecule is Cc1cnn(-c2ccc(C(F)(F)F)cc2)c1Cl. The molecule has 1 aromatic heterocycles. The molecule has 0 fully saturated rings. The second-order valence-corrected chi connectivity index (χ2v) is 3.93. The zero-order chi connectivity index (χ0) is 12.6. The summed E-state index contributed by atoms with van der Waals surface area (Å²) in [6.07, 6.45) is -2.78. The van der Waals surface area contributed by atoms with Gasteiger partial charge in [-0.05, 0) is 31.2 Å². The predicted octanol–water partition coefficient (Wildman–Crippen LogP) is 3.85. The third kappa shape index (κ3) is 2.29. The van der Waals surface area contributed by atoms with Gasteiger partial charge in [0.15, 0.2) is 0 Å². The maximum absolute atomic E-state index is 12.4. The Balaban J connectivity index is 2.40. The largest absolute Gasteiger partial charge is 0.416 e. The van der Waals surface area contributed by atoms with Gasteiger partial charge in [0, 0.05) is 5.56 Å². The first-order valence-corrected chi connectivity index (χ1v) is 5.15. The van der Waals surface area contributed by atoms with Crippen molar-refractivity contribution in [1.29, 1.82) is 0 Å². The molecule has 0 N–H and O–H groups in total. The van der Waals surface area contributed by atoms with E-state index < -0.39 is 11.7 Å². The molecule has 1 aromatic carbocycles. The highest BCUT2D eigenvalue weighted by molar-refractivity contribution is 6.30. The molecule has 0 amide bonds. The van der Waals surface area contributed by atoms with Crippen LogP contribution in [0.25, 0.3) is 5.69 Å². The molecule has 2 aromatic rings. The molecule has 0 saturated carbocycles. The first-order chi connectivity index (χ1) is 7.89. The molecule has 0 atom stereocenters. The molecule has 0 saturated heterocycles. The van der Waals surface area contributed by atoms with E-state index in [1.807, 2.05) is 0 Å². The third-order valence-electron chi connectivity index (χ3n) is 2.32. The lowest BCUT2D eigenvalue weighted by Crippen LogP contribution is -2.05. The van der Waals surface area contributed by atoms with Gasteiger partial charge >= 0.3 is 6.18 Å². The lowest BCUT2D eigenvalue weighted by Gasteiger charge is -2.08. The maximum Gasteiger partial charge on any atom is 0.416 e. The van der Waals surface area contributed by atoms with Crippen molar-refractivity contribution in [1.82, 2.24) is 9.78 Å². The van der Waals surface area contributed by atoms with Gasteiger partial charge in [-0.3, -0.25) is 0 Å². The average Bonchev–Trinajstić information content (AvgIpc) is 2.59. The molecule has 0 aliphatic heterocycles. The molecule has 0 bridgehead atoms. The van der Waals surface area contributed by atoms with Gasteiger partial charge in [-0.25, -0.2) is 4.68 Å². The Morgan fingerprint density at radius 3 is 2.18 bits per heavy atom. The molecule has 1 heterocycles. The van der Waals surface area contributed by atoms with Gasteiger partial charge < -0.3 is 0 Å². The minimum atomic E-state index is -4.33. The van der Waals surface area contributed by atoms with Crippen LogP contribution in [0.3, 0.4) is 0 Å². The zero-order valence-corrected chi connectivity index (χ0v) is 9.55. The molecule has 0 aliphatic rings. The fourth-order valence-corrected chi connectivity index (χ4v) is 1.58. The van der Waals surface area contributed by atoms with Crippen LogP contribution < -0.4 is 0 Å². The van der Waals surface area contributed by atoms with Gasteiger partial charge in [-0.15, -0.1) is 0 Å². The number of hydrogen-bond donors (Lipinski definition) is 0. The Morgan fingerprint density at radius 1 is 1.18 bits per heavy atom. The average molecular weight is 261 g/mol. The summed E-state index contributed by atoms with van der Waals surface area (Å²) in [5.74, 6) is 0. The molecular formula is C11H8ClF3N2. The topological polar surface area (TPSA) is 17.8 Å². The molecular weight excluding hydrogens is 253 g/mol. The second-order valence-electron chi connectivity index (χ2n) is 3.57. The minimum absolute atomic E-state index is 0.393. The number of benzene rings is 1. The Hall–Kier alpha value is -1.49. The Bertz CT molecular complexity index is 529. The van der Waals surface area contributed by atoms with Crippen molar-refractivity contribution in [3.05, 3.63) is 46.7 Å². The summed E-state index contributed by atoms with van der Waals surface area (Å²) < 4.78 is 38.5. The van der Waals surface area contributed by atoms with Crippen LogP contribution in [0.2, 0.25) is 5.15 Å². The highest BCUT2D eigenvalue weighted by Gasteiger charge is 2.30. The molecule has 17 heavy (non-hydrogen) atoms. The van der Waals surface area contributed by atoms with E-state index >= 15 is 0 Å². The van der Waals surface area contributed by atoms with Crippen molar-refractivity contribution in [2.24, 2.45) is 0 Å². The first kappa shape index (κ1) is 12.0. The standard InChI is InChI=1S/C11H8ClF3N2/c1-7-6-16-17(10(7)12)9-4-2-8(3-5-9)11(13,14)15/h2-6H,1H3. The van der Waals surface area contributed by atoms with E-state index in [1.54, 1.807) is 13.1 Å². The summed E-state index contributed by atoms with van der Waals surface area (Å²) in [7, 11) is 0. The van der Waals surface area contributed by atoms with E-state index in [2.05, 4.69) is 5.10 Å². The number of alkyl halides is 3. The van der Waals surface area contributed by atoms with E-state index in [-0.39, 0.29) is 0 Å². The summed E-state index contributed by atoms with van der Waals surface area (Å²) in [4.78, 5) is 0. The van der Waals surface area contributed by atoms with Crippen LogP contribution in [-0.2, 0) is 6.18 Å².